The highest BCUT2D eigenvalue weighted by molar-refractivity contribution is 6.05. The molecule has 9 nitrogen and oxygen atoms in total. The summed E-state index contributed by atoms with van der Waals surface area (Å²) < 4.78 is 10.5. The van der Waals surface area contributed by atoms with Gasteiger partial charge in [-0.15, -0.1) is 0 Å². The van der Waals surface area contributed by atoms with Crippen LogP contribution in [0.4, 0.5) is 5.69 Å². The van der Waals surface area contributed by atoms with Gasteiger partial charge in [-0.05, 0) is 24.6 Å². The quantitative estimate of drug-likeness (QED) is 0.808. The zero-order valence-corrected chi connectivity index (χ0v) is 17.1. The summed E-state index contributed by atoms with van der Waals surface area (Å²) in [5, 5.41) is 2.85. The molecule has 3 heterocycles. The van der Waals surface area contributed by atoms with E-state index in [1.165, 1.54) is 19.5 Å². The van der Waals surface area contributed by atoms with Crippen molar-refractivity contribution in [1.29, 1.82) is 0 Å². The number of methoxy groups -OCH3 is 1. The molecular weight excluding hydrogens is 386 g/mol. The van der Waals surface area contributed by atoms with Gasteiger partial charge >= 0.3 is 6.01 Å². The number of carbonyl (C=O) groups is 2. The number of nitrogens with one attached hydrogen (secondary N) is 1. The highest BCUT2D eigenvalue weighted by atomic mass is 16.5. The molecule has 1 unspecified atom stereocenters. The Balaban J connectivity index is 1.47. The Bertz CT molecular complexity index is 933. The minimum atomic E-state index is -0.349. The Morgan fingerprint density at radius 2 is 1.97 bits per heavy atom. The van der Waals surface area contributed by atoms with Gasteiger partial charge < -0.3 is 19.7 Å². The van der Waals surface area contributed by atoms with Gasteiger partial charge in [-0.25, -0.2) is 9.97 Å². The Labute approximate surface area is 175 Å². The monoisotopic (exact) mass is 411 g/mol. The van der Waals surface area contributed by atoms with Crippen molar-refractivity contribution in [3.63, 3.8) is 0 Å². The third-order valence-electron chi connectivity index (χ3n) is 5.53. The molecule has 0 spiro atoms. The standard InChI is InChI=1S/C21H25N5O4/c1-14-3-4-15(20(28)26-6-5-25-7-8-30-13-17(25)12-26)9-18(14)24-19(27)16-10-22-21(29-2)23-11-16/h3-4,9-11,17H,5-8,12-13H2,1-2H3,(H,24,27). The van der Waals surface area contributed by atoms with Gasteiger partial charge in [-0.1, -0.05) is 6.07 Å². The van der Waals surface area contributed by atoms with E-state index >= 15 is 0 Å². The average Bonchev–Trinajstić information content (AvgIpc) is 2.79. The van der Waals surface area contributed by atoms with E-state index in [0.717, 1.165) is 25.3 Å². The molecular formula is C21H25N5O4. The highest BCUT2D eigenvalue weighted by Gasteiger charge is 2.32. The van der Waals surface area contributed by atoms with E-state index in [-0.39, 0.29) is 23.9 Å². The fourth-order valence-corrected chi connectivity index (χ4v) is 3.74. The number of morpholine rings is 1. The van der Waals surface area contributed by atoms with Crippen molar-refractivity contribution in [2.24, 2.45) is 0 Å². The van der Waals surface area contributed by atoms with Gasteiger partial charge in [0, 0.05) is 49.8 Å². The second-order valence-electron chi connectivity index (χ2n) is 7.46. The van der Waals surface area contributed by atoms with E-state index in [1.54, 1.807) is 12.1 Å². The first kappa shape index (κ1) is 20.2. The van der Waals surface area contributed by atoms with E-state index in [9.17, 15) is 9.59 Å². The first-order valence-corrected chi connectivity index (χ1v) is 9.94. The number of fused-ring (bicyclic) bond motifs is 1. The number of benzene rings is 1. The number of hydrogen-bond donors (Lipinski definition) is 1. The molecule has 0 aliphatic carbocycles. The Morgan fingerprint density at radius 3 is 2.73 bits per heavy atom. The van der Waals surface area contributed by atoms with Crippen LogP contribution in [-0.4, -0.2) is 84.1 Å². The van der Waals surface area contributed by atoms with Crippen molar-refractivity contribution in [3.8, 4) is 6.01 Å². The average molecular weight is 411 g/mol. The van der Waals surface area contributed by atoms with Crippen molar-refractivity contribution >= 4 is 17.5 Å². The molecule has 2 fully saturated rings. The molecule has 9 heteroatoms. The lowest BCUT2D eigenvalue weighted by atomic mass is 10.1. The molecule has 1 aromatic carbocycles. The van der Waals surface area contributed by atoms with Crippen LogP contribution in [0.3, 0.4) is 0 Å². The van der Waals surface area contributed by atoms with Crippen molar-refractivity contribution in [1.82, 2.24) is 19.8 Å². The number of amides is 2. The smallest absolute Gasteiger partial charge is 0.316 e. The lowest BCUT2D eigenvalue weighted by molar-refractivity contribution is -0.0395. The number of nitrogens with zero attached hydrogens (tertiary/aromatic N) is 4. The molecule has 1 N–H and O–H groups in total. The maximum absolute atomic E-state index is 13.1. The summed E-state index contributed by atoms with van der Waals surface area (Å²) >= 11 is 0. The van der Waals surface area contributed by atoms with E-state index < -0.39 is 0 Å². The topological polar surface area (TPSA) is 96.9 Å². The number of ether oxygens (including phenoxy) is 2. The van der Waals surface area contributed by atoms with Gasteiger partial charge in [0.1, 0.15) is 0 Å². The van der Waals surface area contributed by atoms with Crippen LogP contribution in [0.25, 0.3) is 0 Å². The zero-order valence-electron chi connectivity index (χ0n) is 17.1. The first-order valence-electron chi connectivity index (χ1n) is 9.94. The van der Waals surface area contributed by atoms with Gasteiger partial charge in [0.2, 0.25) is 0 Å². The minimum Gasteiger partial charge on any atom is -0.467 e. The minimum absolute atomic E-state index is 0.0384. The Morgan fingerprint density at radius 1 is 1.17 bits per heavy atom. The summed E-state index contributed by atoms with van der Waals surface area (Å²) in [6, 6.07) is 5.81. The van der Waals surface area contributed by atoms with Gasteiger partial charge in [0.25, 0.3) is 11.8 Å². The molecule has 0 radical (unpaired) electrons. The molecule has 158 valence electrons. The maximum atomic E-state index is 13.1. The highest BCUT2D eigenvalue weighted by Crippen LogP contribution is 2.21. The van der Waals surface area contributed by atoms with Crippen molar-refractivity contribution in [2.75, 3.05) is 51.8 Å². The number of rotatable bonds is 4. The van der Waals surface area contributed by atoms with Gasteiger partial charge in [-0.2, -0.15) is 0 Å². The third kappa shape index (κ3) is 4.27. The summed E-state index contributed by atoms with van der Waals surface area (Å²) in [4.78, 5) is 37.8. The predicted molar refractivity (Wildman–Crippen MR) is 110 cm³/mol. The Kier molecular flexibility index (Phi) is 5.91. The van der Waals surface area contributed by atoms with Crippen LogP contribution in [0.2, 0.25) is 0 Å². The van der Waals surface area contributed by atoms with E-state index in [2.05, 4.69) is 20.2 Å². The number of piperazine rings is 1. The van der Waals surface area contributed by atoms with Crippen LogP contribution < -0.4 is 10.1 Å². The second-order valence-corrected chi connectivity index (χ2v) is 7.46. The summed E-state index contributed by atoms with van der Waals surface area (Å²) in [7, 11) is 1.46. The zero-order chi connectivity index (χ0) is 21.1. The van der Waals surface area contributed by atoms with Crippen LogP contribution in [0.1, 0.15) is 26.3 Å². The van der Waals surface area contributed by atoms with E-state index in [1.807, 2.05) is 17.9 Å². The van der Waals surface area contributed by atoms with E-state index in [4.69, 9.17) is 9.47 Å². The summed E-state index contributed by atoms with van der Waals surface area (Å²) in [6.07, 6.45) is 2.80. The van der Waals surface area contributed by atoms with Crippen molar-refractivity contribution in [2.45, 2.75) is 13.0 Å². The fraction of sp³-hybridized carbons (Fsp3) is 0.429. The Hall–Kier alpha value is -3.04. The number of anilines is 1. The summed E-state index contributed by atoms with van der Waals surface area (Å²) in [5.41, 5.74) is 2.30. The normalized spacial score (nSPS) is 19.1. The van der Waals surface area contributed by atoms with Gasteiger partial charge in [0.05, 0.1) is 31.9 Å². The number of hydrogen-bond acceptors (Lipinski definition) is 7. The van der Waals surface area contributed by atoms with Crippen LogP contribution >= 0.6 is 0 Å². The summed E-state index contributed by atoms with van der Waals surface area (Å²) in [5.74, 6) is -0.387. The van der Waals surface area contributed by atoms with Gasteiger partial charge in [0.15, 0.2) is 0 Å². The number of carbonyl (C=O) groups excluding carboxylic acids is 2. The van der Waals surface area contributed by atoms with Crippen molar-refractivity contribution in [3.05, 3.63) is 47.3 Å². The lowest BCUT2D eigenvalue weighted by Gasteiger charge is -2.43. The van der Waals surface area contributed by atoms with Gasteiger partial charge in [-0.3, -0.25) is 14.5 Å². The molecule has 4 rings (SSSR count). The number of aryl methyl sites for hydroxylation is 1. The first-order chi connectivity index (χ1) is 14.5. The summed E-state index contributed by atoms with van der Waals surface area (Å²) in [6.45, 7) is 6.40. The fourth-order valence-electron chi connectivity index (χ4n) is 3.74. The van der Waals surface area contributed by atoms with Crippen LogP contribution in [0.5, 0.6) is 6.01 Å². The lowest BCUT2D eigenvalue weighted by Crippen LogP contribution is -2.59. The molecule has 2 aliphatic rings. The molecule has 1 aromatic heterocycles. The van der Waals surface area contributed by atoms with Crippen LogP contribution in [0.15, 0.2) is 30.6 Å². The largest absolute Gasteiger partial charge is 0.467 e. The second kappa shape index (κ2) is 8.76. The third-order valence-corrected chi connectivity index (χ3v) is 5.53. The molecule has 2 aromatic rings. The molecule has 2 aliphatic heterocycles. The SMILES string of the molecule is COc1ncc(C(=O)Nc2cc(C(=O)N3CCN4CCOCC4C3)ccc2C)cn1. The van der Waals surface area contributed by atoms with Crippen molar-refractivity contribution < 1.29 is 19.1 Å². The molecule has 0 bridgehead atoms. The molecule has 30 heavy (non-hydrogen) atoms. The molecule has 2 saturated heterocycles. The number of aromatic nitrogens is 2. The van der Waals surface area contributed by atoms with E-state index in [0.29, 0.717) is 36.5 Å². The molecule has 2 amide bonds. The van der Waals surface area contributed by atoms with Crippen LogP contribution in [0, 0.1) is 6.92 Å². The maximum Gasteiger partial charge on any atom is 0.316 e. The predicted octanol–water partition coefficient (Wildman–Crippen LogP) is 1.20. The molecule has 0 saturated carbocycles. The van der Waals surface area contributed by atoms with Crippen LogP contribution in [-0.2, 0) is 4.74 Å². The molecule has 1 atom stereocenters.